The van der Waals surface area contributed by atoms with Gasteiger partial charge in [-0.15, -0.1) is 0 Å². The van der Waals surface area contributed by atoms with E-state index in [0.717, 1.165) is 24.8 Å². The fraction of sp³-hybridized carbons (Fsp3) is 0.348. The number of benzene rings is 2. The molecule has 3 atom stereocenters. The molecule has 2 aromatic rings. The van der Waals surface area contributed by atoms with Gasteiger partial charge in [0.25, 0.3) is 0 Å². The van der Waals surface area contributed by atoms with Crippen molar-refractivity contribution in [2.45, 2.75) is 44.7 Å². The average molecular weight is 393 g/mol. The summed E-state index contributed by atoms with van der Waals surface area (Å²) >= 11 is 0. The zero-order chi connectivity index (χ0) is 20.8. The maximum absolute atomic E-state index is 12.6. The predicted molar refractivity (Wildman–Crippen MR) is 113 cm³/mol. The number of nitrogens with two attached hydrogens (primary N) is 1. The van der Waals surface area contributed by atoms with Crippen molar-refractivity contribution >= 4 is 17.6 Å². The summed E-state index contributed by atoms with van der Waals surface area (Å²) in [6, 6.07) is 16.8. The molecule has 6 nitrogen and oxygen atoms in total. The second-order valence-corrected chi connectivity index (χ2v) is 7.68. The Morgan fingerprint density at radius 1 is 1.10 bits per heavy atom. The number of nitrogens with one attached hydrogen (secondary N) is 3. The third-order valence-corrected chi connectivity index (χ3v) is 5.56. The van der Waals surface area contributed by atoms with Crippen molar-refractivity contribution in [3.05, 3.63) is 71.3 Å². The number of hydrogen-bond donors (Lipinski definition) is 4. The topological polar surface area (TPSA) is 108 Å². The number of amidine groups is 1. The van der Waals surface area contributed by atoms with Crippen LogP contribution in [0.1, 0.15) is 48.8 Å². The van der Waals surface area contributed by atoms with Crippen molar-refractivity contribution in [1.82, 2.24) is 10.6 Å². The van der Waals surface area contributed by atoms with Crippen LogP contribution in [0.25, 0.3) is 0 Å². The number of hydrogen-bond acceptors (Lipinski definition) is 3. The second-order valence-electron chi connectivity index (χ2n) is 7.68. The van der Waals surface area contributed by atoms with Gasteiger partial charge < -0.3 is 16.4 Å². The van der Waals surface area contributed by atoms with Crippen LogP contribution in [-0.4, -0.2) is 23.7 Å². The van der Waals surface area contributed by atoms with E-state index in [9.17, 15) is 9.59 Å². The molecule has 1 aliphatic carbocycles. The van der Waals surface area contributed by atoms with E-state index in [0.29, 0.717) is 18.0 Å². The van der Waals surface area contributed by atoms with Crippen molar-refractivity contribution in [1.29, 1.82) is 5.41 Å². The first-order valence-electron chi connectivity index (χ1n) is 10.0. The van der Waals surface area contributed by atoms with Crippen LogP contribution >= 0.6 is 0 Å². The zero-order valence-corrected chi connectivity index (χ0v) is 16.7. The van der Waals surface area contributed by atoms with E-state index in [4.69, 9.17) is 11.1 Å². The fourth-order valence-electron chi connectivity index (χ4n) is 3.79. The van der Waals surface area contributed by atoms with Gasteiger partial charge in [0.05, 0.1) is 0 Å². The Hall–Kier alpha value is -3.15. The Labute approximate surface area is 171 Å². The summed E-state index contributed by atoms with van der Waals surface area (Å²) in [6.07, 6.45) is 2.67. The summed E-state index contributed by atoms with van der Waals surface area (Å²) in [6.45, 7) is 2.06. The van der Waals surface area contributed by atoms with Crippen molar-refractivity contribution < 1.29 is 9.59 Å². The van der Waals surface area contributed by atoms with E-state index < -0.39 is 6.04 Å². The van der Waals surface area contributed by atoms with Crippen molar-refractivity contribution in [3.8, 4) is 0 Å². The molecular weight excluding hydrogens is 364 g/mol. The molecule has 2 amide bonds. The molecule has 0 aromatic heterocycles. The molecule has 2 aromatic carbocycles. The molecule has 0 radical (unpaired) electrons. The van der Waals surface area contributed by atoms with Crippen LogP contribution in [0, 0.1) is 11.3 Å². The first-order chi connectivity index (χ1) is 13.9. The fourth-order valence-corrected chi connectivity index (χ4v) is 3.79. The van der Waals surface area contributed by atoms with Gasteiger partial charge >= 0.3 is 0 Å². The molecule has 0 aliphatic heterocycles. The van der Waals surface area contributed by atoms with E-state index >= 15 is 0 Å². The second kappa shape index (κ2) is 9.37. The van der Waals surface area contributed by atoms with Crippen LogP contribution in [0.5, 0.6) is 0 Å². The first-order valence-corrected chi connectivity index (χ1v) is 10.0. The van der Waals surface area contributed by atoms with Crippen LogP contribution in [0.4, 0.5) is 0 Å². The van der Waals surface area contributed by atoms with E-state index in [2.05, 4.69) is 22.8 Å². The number of nitrogen functional groups attached to an aromatic ring is 1. The van der Waals surface area contributed by atoms with Gasteiger partial charge in [0.1, 0.15) is 11.9 Å². The number of rotatable bonds is 7. The lowest BCUT2D eigenvalue weighted by Gasteiger charge is -2.17. The molecule has 0 heterocycles. The molecule has 0 saturated heterocycles. The SMILES string of the molecule is C[C@H](NC(=O)[C@@H]1CC[C@@H](c2ccccc2)C1)C(=O)NCc1ccc(C(=N)N)cc1. The van der Waals surface area contributed by atoms with Gasteiger partial charge in [-0.05, 0) is 43.2 Å². The maximum Gasteiger partial charge on any atom is 0.242 e. The van der Waals surface area contributed by atoms with Gasteiger partial charge in [0, 0.05) is 18.0 Å². The number of amides is 2. The third kappa shape index (κ3) is 5.44. The quantitative estimate of drug-likeness (QED) is 0.430. The highest BCUT2D eigenvalue weighted by Crippen LogP contribution is 2.38. The van der Waals surface area contributed by atoms with Crippen LogP contribution in [0.3, 0.4) is 0 Å². The lowest BCUT2D eigenvalue weighted by Crippen LogP contribution is -2.46. The van der Waals surface area contributed by atoms with Crippen LogP contribution < -0.4 is 16.4 Å². The Morgan fingerprint density at radius 3 is 2.45 bits per heavy atom. The van der Waals surface area contributed by atoms with Gasteiger partial charge in [-0.3, -0.25) is 15.0 Å². The highest BCUT2D eigenvalue weighted by molar-refractivity contribution is 5.94. The molecule has 1 fully saturated rings. The summed E-state index contributed by atoms with van der Waals surface area (Å²) in [5.41, 5.74) is 8.27. The average Bonchev–Trinajstić information content (AvgIpc) is 3.23. The van der Waals surface area contributed by atoms with Crippen molar-refractivity contribution in [2.75, 3.05) is 0 Å². The lowest BCUT2D eigenvalue weighted by atomic mass is 9.96. The Morgan fingerprint density at radius 2 is 1.79 bits per heavy atom. The van der Waals surface area contributed by atoms with Crippen LogP contribution in [-0.2, 0) is 16.1 Å². The van der Waals surface area contributed by atoms with Gasteiger partial charge in [0.2, 0.25) is 11.8 Å². The maximum atomic E-state index is 12.6. The normalized spacial score (nSPS) is 19.3. The molecule has 6 heteroatoms. The molecule has 5 N–H and O–H groups in total. The van der Waals surface area contributed by atoms with Crippen LogP contribution in [0.2, 0.25) is 0 Å². The predicted octanol–water partition coefficient (Wildman–Crippen LogP) is 2.68. The smallest absolute Gasteiger partial charge is 0.242 e. The van der Waals surface area contributed by atoms with Gasteiger partial charge in [0.15, 0.2) is 0 Å². The van der Waals surface area contributed by atoms with E-state index in [1.807, 2.05) is 30.3 Å². The highest BCUT2D eigenvalue weighted by Gasteiger charge is 2.31. The first kappa shape index (κ1) is 20.6. The van der Waals surface area contributed by atoms with Crippen LogP contribution in [0.15, 0.2) is 54.6 Å². The largest absolute Gasteiger partial charge is 0.384 e. The number of carbonyl (C=O) groups excluding carboxylic acids is 2. The third-order valence-electron chi connectivity index (χ3n) is 5.56. The van der Waals surface area contributed by atoms with Crippen molar-refractivity contribution in [3.63, 3.8) is 0 Å². The minimum Gasteiger partial charge on any atom is -0.384 e. The van der Waals surface area contributed by atoms with Gasteiger partial charge in [-0.25, -0.2) is 0 Å². The monoisotopic (exact) mass is 392 g/mol. The highest BCUT2D eigenvalue weighted by atomic mass is 16.2. The zero-order valence-electron chi connectivity index (χ0n) is 16.7. The standard InChI is InChI=1S/C23H28N4O2/c1-15(22(28)26-14-16-7-9-18(10-8-16)21(24)25)27-23(29)20-12-11-19(13-20)17-5-3-2-4-6-17/h2-10,15,19-20H,11-14H2,1H3,(H3,24,25)(H,26,28)(H,27,29)/t15-,19+,20+/m0/s1. The molecule has 0 unspecified atom stereocenters. The molecule has 1 saturated carbocycles. The summed E-state index contributed by atoms with van der Waals surface area (Å²) < 4.78 is 0. The minimum absolute atomic E-state index is 0.0123. The summed E-state index contributed by atoms with van der Waals surface area (Å²) in [7, 11) is 0. The molecular formula is C23H28N4O2. The minimum atomic E-state index is -0.588. The molecule has 3 rings (SSSR count). The lowest BCUT2D eigenvalue weighted by molar-refractivity contribution is -0.130. The number of carbonyl (C=O) groups is 2. The van der Waals surface area contributed by atoms with Crippen molar-refractivity contribution in [2.24, 2.45) is 11.7 Å². The van der Waals surface area contributed by atoms with E-state index in [1.54, 1.807) is 19.1 Å². The Balaban J connectivity index is 1.45. The molecule has 1 aliphatic rings. The van der Waals surface area contributed by atoms with E-state index in [-0.39, 0.29) is 23.6 Å². The van der Waals surface area contributed by atoms with Gasteiger partial charge in [-0.2, -0.15) is 0 Å². The Kier molecular flexibility index (Phi) is 6.65. The van der Waals surface area contributed by atoms with E-state index in [1.165, 1.54) is 5.56 Å². The molecule has 29 heavy (non-hydrogen) atoms. The molecule has 152 valence electrons. The summed E-state index contributed by atoms with van der Waals surface area (Å²) in [5, 5.41) is 13.1. The summed E-state index contributed by atoms with van der Waals surface area (Å²) in [4.78, 5) is 24.9. The molecule has 0 spiro atoms. The Bertz CT molecular complexity index is 864. The molecule has 0 bridgehead atoms. The van der Waals surface area contributed by atoms with Gasteiger partial charge in [-0.1, -0.05) is 54.6 Å². The summed E-state index contributed by atoms with van der Waals surface area (Å²) in [5.74, 6) is 0.116.